The van der Waals surface area contributed by atoms with Crippen LogP contribution in [0.1, 0.15) is 24.0 Å². The number of aryl methyl sites for hydroxylation is 2. The zero-order valence-electron chi connectivity index (χ0n) is 18.3. The van der Waals surface area contributed by atoms with Crippen LogP contribution >= 0.6 is 0 Å². The number of unbranched alkanes of at least 4 members (excludes halogenated alkanes) is 1. The van der Waals surface area contributed by atoms with Crippen LogP contribution in [0.25, 0.3) is 11.0 Å². The summed E-state index contributed by atoms with van der Waals surface area (Å²) in [5, 5.41) is 0. The van der Waals surface area contributed by atoms with Crippen molar-refractivity contribution in [2.75, 3.05) is 34.0 Å². The van der Waals surface area contributed by atoms with Crippen LogP contribution in [0.3, 0.4) is 0 Å². The SMILES string of the molecule is COc1cc2c(cc1OC)CN(CCCCn1c(=O)n(CCF)c3ccccc31)CC2. The van der Waals surface area contributed by atoms with Gasteiger partial charge in [-0.05, 0) is 61.2 Å². The highest BCUT2D eigenvalue weighted by Crippen LogP contribution is 2.33. The monoisotopic (exact) mass is 427 g/mol. The number of para-hydroxylation sites is 2. The van der Waals surface area contributed by atoms with Crippen molar-refractivity contribution in [1.82, 2.24) is 14.0 Å². The molecule has 1 aromatic heterocycles. The molecule has 0 aliphatic carbocycles. The molecule has 7 heteroatoms. The van der Waals surface area contributed by atoms with E-state index >= 15 is 0 Å². The highest BCUT2D eigenvalue weighted by Gasteiger charge is 2.19. The van der Waals surface area contributed by atoms with Crippen LogP contribution in [0.2, 0.25) is 0 Å². The lowest BCUT2D eigenvalue weighted by molar-refractivity contribution is 0.246. The number of ether oxygens (including phenoxy) is 2. The van der Waals surface area contributed by atoms with Gasteiger partial charge in [-0.3, -0.25) is 14.0 Å². The predicted octanol–water partition coefficient (Wildman–Crippen LogP) is 3.63. The smallest absolute Gasteiger partial charge is 0.329 e. The minimum Gasteiger partial charge on any atom is -0.493 e. The Labute approximate surface area is 181 Å². The van der Waals surface area contributed by atoms with E-state index in [2.05, 4.69) is 17.0 Å². The molecule has 0 radical (unpaired) electrons. The lowest BCUT2D eigenvalue weighted by Crippen LogP contribution is -2.31. The van der Waals surface area contributed by atoms with Crippen molar-refractivity contribution in [3.63, 3.8) is 0 Å². The summed E-state index contributed by atoms with van der Waals surface area (Å²) in [6.45, 7) is 3.10. The first-order valence-electron chi connectivity index (χ1n) is 10.9. The van der Waals surface area contributed by atoms with Crippen molar-refractivity contribution in [3.8, 4) is 11.5 Å². The van der Waals surface area contributed by atoms with E-state index in [-0.39, 0.29) is 12.2 Å². The highest BCUT2D eigenvalue weighted by atomic mass is 19.1. The van der Waals surface area contributed by atoms with Crippen molar-refractivity contribution >= 4 is 11.0 Å². The Balaban J connectivity index is 1.37. The van der Waals surface area contributed by atoms with E-state index in [1.54, 1.807) is 23.4 Å². The molecule has 0 spiro atoms. The summed E-state index contributed by atoms with van der Waals surface area (Å²) >= 11 is 0. The Morgan fingerprint density at radius 3 is 2.16 bits per heavy atom. The molecular weight excluding hydrogens is 397 g/mol. The molecule has 3 aromatic rings. The summed E-state index contributed by atoms with van der Waals surface area (Å²) in [6, 6.07) is 11.8. The van der Waals surface area contributed by atoms with Gasteiger partial charge in [0.25, 0.3) is 0 Å². The summed E-state index contributed by atoms with van der Waals surface area (Å²) in [5.74, 6) is 1.55. The fourth-order valence-corrected chi connectivity index (χ4v) is 4.53. The van der Waals surface area contributed by atoms with Crippen molar-refractivity contribution in [3.05, 3.63) is 58.0 Å². The lowest BCUT2D eigenvalue weighted by Gasteiger charge is -2.29. The first-order valence-corrected chi connectivity index (χ1v) is 10.9. The number of hydrogen-bond donors (Lipinski definition) is 0. The van der Waals surface area contributed by atoms with Crippen molar-refractivity contribution in [2.24, 2.45) is 0 Å². The van der Waals surface area contributed by atoms with Crippen LogP contribution in [0.4, 0.5) is 4.39 Å². The molecule has 0 bridgehead atoms. The van der Waals surface area contributed by atoms with Gasteiger partial charge in [0.05, 0.1) is 31.8 Å². The van der Waals surface area contributed by atoms with Gasteiger partial charge >= 0.3 is 5.69 Å². The maximum atomic E-state index is 12.9. The number of methoxy groups -OCH3 is 2. The maximum absolute atomic E-state index is 12.9. The summed E-state index contributed by atoms with van der Waals surface area (Å²) in [4.78, 5) is 15.2. The van der Waals surface area contributed by atoms with Gasteiger partial charge in [0.1, 0.15) is 6.67 Å². The summed E-state index contributed by atoms with van der Waals surface area (Å²) in [6.07, 6.45) is 2.89. The molecule has 0 amide bonds. The first-order chi connectivity index (χ1) is 15.2. The van der Waals surface area contributed by atoms with E-state index in [0.717, 1.165) is 61.4 Å². The molecule has 4 rings (SSSR count). The number of alkyl halides is 1. The highest BCUT2D eigenvalue weighted by molar-refractivity contribution is 5.75. The average Bonchev–Trinajstić information content (AvgIpc) is 3.07. The van der Waals surface area contributed by atoms with Gasteiger partial charge in [-0.1, -0.05) is 12.1 Å². The third-order valence-corrected chi connectivity index (χ3v) is 6.14. The summed E-state index contributed by atoms with van der Waals surface area (Å²) in [5.41, 5.74) is 4.18. The minimum absolute atomic E-state index is 0.105. The van der Waals surface area contributed by atoms with E-state index in [9.17, 15) is 9.18 Å². The summed E-state index contributed by atoms with van der Waals surface area (Å²) < 4.78 is 27.1. The molecule has 0 N–H and O–H groups in total. The van der Waals surface area contributed by atoms with Crippen LogP contribution in [-0.2, 0) is 26.1 Å². The summed E-state index contributed by atoms with van der Waals surface area (Å²) in [7, 11) is 3.33. The number of halogens is 1. The fourth-order valence-electron chi connectivity index (χ4n) is 4.53. The van der Waals surface area contributed by atoms with Gasteiger partial charge < -0.3 is 9.47 Å². The molecule has 31 heavy (non-hydrogen) atoms. The zero-order chi connectivity index (χ0) is 21.8. The predicted molar refractivity (Wildman–Crippen MR) is 120 cm³/mol. The second-order valence-electron chi connectivity index (χ2n) is 7.97. The van der Waals surface area contributed by atoms with Gasteiger partial charge in [0, 0.05) is 19.6 Å². The number of aromatic nitrogens is 2. The Kier molecular flexibility index (Phi) is 6.61. The molecule has 2 heterocycles. The zero-order valence-corrected chi connectivity index (χ0v) is 18.3. The number of hydrogen-bond acceptors (Lipinski definition) is 4. The first kappa shape index (κ1) is 21.4. The standard InChI is InChI=1S/C24H30FN3O3/c1-30-22-15-18-9-13-26(17-19(18)16-23(22)31-2)11-5-6-12-27-20-7-3-4-8-21(20)28(14-10-25)24(27)29/h3-4,7-8,15-16H,5-6,9-14,17H2,1-2H3. The Morgan fingerprint density at radius 1 is 0.903 bits per heavy atom. The van der Waals surface area contributed by atoms with Gasteiger partial charge in [-0.2, -0.15) is 0 Å². The van der Waals surface area contributed by atoms with Crippen molar-refractivity contribution in [2.45, 2.75) is 38.9 Å². The minimum atomic E-state index is -0.541. The number of benzene rings is 2. The second kappa shape index (κ2) is 9.56. The molecule has 6 nitrogen and oxygen atoms in total. The lowest BCUT2D eigenvalue weighted by atomic mass is 9.98. The van der Waals surface area contributed by atoms with Crippen molar-refractivity contribution in [1.29, 1.82) is 0 Å². The van der Waals surface area contributed by atoms with Gasteiger partial charge in [0.2, 0.25) is 0 Å². The second-order valence-corrected chi connectivity index (χ2v) is 7.97. The molecule has 1 aliphatic heterocycles. The van der Waals surface area contributed by atoms with E-state index < -0.39 is 6.67 Å². The third-order valence-electron chi connectivity index (χ3n) is 6.14. The van der Waals surface area contributed by atoms with Crippen molar-refractivity contribution < 1.29 is 13.9 Å². The van der Waals surface area contributed by atoms with Gasteiger partial charge in [-0.25, -0.2) is 9.18 Å². The van der Waals surface area contributed by atoms with Crippen LogP contribution in [0.15, 0.2) is 41.2 Å². The van der Waals surface area contributed by atoms with E-state index in [1.165, 1.54) is 11.1 Å². The van der Waals surface area contributed by atoms with Gasteiger partial charge in [0.15, 0.2) is 11.5 Å². The number of imidazole rings is 1. The Bertz CT molecular complexity index is 1110. The van der Waals surface area contributed by atoms with Crippen LogP contribution in [0.5, 0.6) is 11.5 Å². The third kappa shape index (κ3) is 4.32. The molecule has 0 saturated heterocycles. The molecule has 0 saturated carbocycles. The molecule has 166 valence electrons. The largest absolute Gasteiger partial charge is 0.493 e. The normalized spacial score (nSPS) is 14.0. The van der Waals surface area contributed by atoms with E-state index in [4.69, 9.17) is 9.47 Å². The van der Waals surface area contributed by atoms with E-state index in [0.29, 0.717) is 6.54 Å². The Morgan fingerprint density at radius 2 is 1.52 bits per heavy atom. The maximum Gasteiger partial charge on any atom is 0.329 e. The molecule has 0 atom stereocenters. The molecule has 0 fully saturated rings. The quantitative estimate of drug-likeness (QED) is 0.490. The number of nitrogens with zero attached hydrogens (tertiary/aromatic N) is 3. The molecule has 1 aliphatic rings. The topological polar surface area (TPSA) is 48.6 Å². The molecule has 0 unspecified atom stereocenters. The van der Waals surface area contributed by atoms with Crippen LogP contribution < -0.4 is 15.2 Å². The fraction of sp³-hybridized carbons (Fsp3) is 0.458. The number of rotatable bonds is 9. The van der Waals surface area contributed by atoms with Crippen LogP contribution in [-0.4, -0.2) is 48.0 Å². The Hall–Kier alpha value is -2.80. The van der Waals surface area contributed by atoms with Crippen LogP contribution in [0, 0.1) is 0 Å². The average molecular weight is 428 g/mol. The number of fused-ring (bicyclic) bond motifs is 2. The van der Waals surface area contributed by atoms with Gasteiger partial charge in [-0.15, -0.1) is 0 Å². The van der Waals surface area contributed by atoms with E-state index in [1.807, 2.05) is 24.3 Å². The molecule has 2 aromatic carbocycles. The molecular formula is C24H30FN3O3.